The Bertz CT molecular complexity index is 1350. The van der Waals surface area contributed by atoms with Gasteiger partial charge in [-0.3, -0.25) is 4.79 Å². The second kappa shape index (κ2) is 10.1. The number of aryl methyl sites for hydroxylation is 1. The second-order valence-electron chi connectivity index (χ2n) is 9.34. The van der Waals surface area contributed by atoms with Crippen molar-refractivity contribution in [3.05, 3.63) is 60.2 Å². The number of nitrogens with zero attached hydrogens (tertiary/aromatic N) is 4. The minimum Gasteiger partial charge on any atom is -0.352 e. The number of fused-ring (bicyclic) bond motifs is 1. The van der Waals surface area contributed by atoms with Crippen LogP contribution < -0.4 is 11.2 Å². The second-order valence-corrected chi connectivity index (χ2v) is 10.3. The number of nitrogen functional groups attached to an aromatic ring is 1. The summed E-state index contributed by atoms with van der Waals surface area (Å²) in [6.45, 7) is 4.28. The van der Waals surface area contributed by atoms with E-state index in [-0.39, 0.29) is 17.7 Å². The highest BCUT2D eigenvalue weighted by atomic mass is 32.2. The van der Waals surface area contributed by atoms with Gasteiger partial charge < -0.3 is 11.2 Å². The van der Waals surface area contributed by atoms with Crippen LogP contribution in [0.3, 0.4) is 0 Å². The van der Waals surface area contributed by atoms with E-state index in [4.69, 9.17) is 10.8 Å². The lowest BCUT2D eigenvalue weighted by Crippen LogP contribution is -2.41. The third-order valence-corrected chi connectivity index (χ3v) is 7.70. The van der Waals surface area contributed by atoms with Gasteiger partial charge in [-0.25, -0.2) is 9.66 Å². The van der Waals surface area contributed by atoms with Gasteiger partial charge in [-0.2, -0.15) is 0 Å². The molecule has 7 nitrogen and oxygen atoms in total. The fourth-order valence-electron chi connectivity index (χ4n) is 4.70. The van der Waals surface area contributed by atoms with Crippen molar-refractivity contribution in [2.45, 2.75) is 50.7 Å². The fourth-order valence-corrected chi connectivity index (χ4v) is 5.37. The molecule has 8 heteroatoms. The van der Waals surface area contributed by atoms with Crippen LogP contribution in [-0.2, 0) is 4.79 Å². The molecular weight excluding hydrogens is 456 g/mol. The quantitative estimate of drug-likeness (QED) is 0.295. The monoisotopic (exact) mass is 486 g/mol. The van der Waals surface area contributed by atoms with Crippen LogP contribution in [-0.4, -0.2) is 37.6 Å². The maximum Gasteiger partial charge on any atom is 0.230 e. The number of thioether (sulfide) groups is 1. The molecular formula is C27H30N6OS. The number of nitrogens with two attached hydrogens (primary N) is 1. The van der Waals surface area contributed by atoms with Gasteiger partial charge in [0.15, 0.2) is 5.82 Å². The molecule has 0 radical (unpaired) electrons. The van der Waals surface area contributed by atoms with Crippen LogP contribution >= 0.6 is 11.8 Å². The molecule has 0 saturated heterocycles. The molecule has 2 atom stereocenters. The first-order valence-corrected chi connectivity index (χ1v) is 13.1. The number of hydrogen-bond acceptors (Lipinski definition) is 6. The van der Waals surface area contributed by atoms with Crippen LogP contribution in [0.25, 0.3) is 33.5 Å². The molecule has 0 spiro atoms. The molecule has 0 bridgehead atoms. The SMILES string of the molecule is Cc1ccc(-c2cc(-c3nnc(SCC(=O)N[C@@H]4CCCC[C@H]4C)n3N)c3ccccc3n2)cc1. The van der Waals surface area contributed by atoms with Gasteiger partial charge in [0.2, 0.25) is 11.1 Å². The molecule has 0 unspecified atom stereocenters. The lowest BCUT2D eigenvalue weighted by molar-refractivity contribution is -0.119. The molecule has 2 aromatic carbocycles. The Kier molecular flexibility index (Phi) is 6.72. The zero-order valence-corrected chi connectivity index (χ0v) is 20.9. The summed E-state index contributed by atoms with van der Waals surface area (Å²) >= 11 is 1.30. The Balaban J connectivity index is 1.40. The van der Waals surface area contributed by atoms with E-state index >= 15 is 0 Å². The minimum absolute atomic E-state index is 0.00863. The third kappa shape index (κ3) is 5.03. The van der Waals surface area contributed by atoms with Crippen molar-refractivity contribution in [2.75, 3.05) is 11.6 Å². The number of benzene rings is 2. The number of nitrogens with one attached hydrogen (secondary N) is 1. The Hall–Kier alpha value is -3.39. The van der Waals surface area contributed by atoms with Gasteiger partial charge >= 0.3 is 0 Å². The molecule has 5 rings (SSSR count). The lowest BCUT2D eigenvalue weighted by atomic mass is 9.86. The molecule has 1 fully saturated rings. The van der Waals surface area contributed by atoms with Gasteiger partial charge in [0.1, 0.15) is 0 Å². The van der Waals surface area contributed by atoms with Gasteiger partial charge in [-0.1, -0.05) is 79.6 Å². The summed E-state index contributed by atoms with van der Waals surface area (Å²) < 4.78 is 1.47. The van der Waals surface area contributed by atoms with Crippen molar-refractivity contribution in [1.29, 1.82) is 0 Å². The smallest absolute Gasteiger partial charge is 0.230 e. The normalized spacial score (nSPS) is 18.0. The molecule has 1 amide bonds. The highest BCUT2D eigenvalue weighted by Crippen LogP contribution is 2.32. The minimum atomic E-state index is 0.00863. The number of aromatic nitrogens is 4. The summed E-state index contributed by atoms with van der Waals surface area (Å²) in [6.07, 6.45) is 4.64. The molecule has 1 aliphatic rings. The molecule has 3 N–H and O–H groups in total. The molecule has 1 aliphatic carbocycles. The number of para-hydroxylation sites is 1. The first kappa shape index (κ1) is 23.4. The van der Waals surface area contributed by atoms with E-state index in [1.165, 1.54) is 41.3 Å². The number of carbonyl (C=O) groups excluding carboxylic acids is 1. The topological polar surface area (TPSA) is 98.7 Å². The van der Waals surface area contributed by atoms with Gasteiger partial charge in [0, 0.05) is 22.6 Å². The van der Waals surface area contributed by atoms with E-state index in [2.05, 4.69) is 53.6 Å². The zero-order chi connectivity index (χ0) is 24.4. The van der Waals surface area contributed by atoms with E-state index in [1.54, 1.807) is 0 Å². The maximum atomic E-state index is 12.6. The van der Waals surface area contributed by atoms with Gasteiger partial charge in [-0.15, -0.1) is 10.2 Å². The van der Waals surface area contributed by atoms with Crippen molar-refractivity contribution in [3.8, 4) is 22.6 Å². The van der Waals surface area contributed by atoms with Crippen LogP contribution in [0.5, 0.6) is 0 Å². The van der Waals surface area contributed by atoms with Gasteiger partial charge in [0.05, 0.1) is 17.0 Å². The van der Waals surface area contributed by atoms with Gasteiger partial charge in [0.25, 0.3) is 0 Å². The van der Waals surface area contributed by atoms with E-state index in [0.717, 1.165) is 34.1 Å². The van der Waals surface area contributed by atoms with Crippen molar-refractivity contribution in [3.63, 3.8) is 0 Å². The van der Waals surface area contributed by atoms with E-state index in [0.29, 0.717) is 16.9 Å². The van der Waals surface area contributed by atoms with E-state index in [9.17, 15) is 4.79 Å². The van der Waals surface area contributed by atoms with E-state index < -0.39 is 0 Å². The number of carbonyl (C=O) groups is 1. The summed E-state index contributed by atoms with van der Waals surface area (Å²) in [4.78, 5) is 17.4. The summed E-state index contributed by atoms with van der Waals surface area (Å²) in [7, 11) is 0. The van der Waals surface area contributed by atoms with Crippen molar-refractivity contribution < 1.29 is 4.79 Å². The summed E-state index contributed by atoms with van der Waals surface area (Å²) in [5, 5.41) is 13.3. The van der Waals surface area contributed by atoms with Crippen LogP contribution in [0.4, 0.5) is 0 Å². The largest absolute Gasteiger partial charge is 0.352 e. The Labute approximate surface area is 209 Å². The first-order chi connectivity index (χ1) is 17.0. The highest BCUT2D eigenvalue weighted by molar-refractivity contribution is 7.99. The molecule has 35 heavy (non-hydrogen) atoms. The van der Waals surface area contributed by atoms with Crippen molar-refractivity contribution >= 4 is 28.6 Å². The molecule has 0 aliphatic heterocycles. The molecule has 2 heterocycles. The molecule has 1 saturated carbocycles. The summed E-state index contributed by atoms with van der Waals surface area (Å²) in [6, 6.07) is 18.5. The third-order valence-electron chi connectivity index (χ3n) is 6.76. The van der Waals surface area contributed by atoms with Crippen LogP contribution in [0.2, 0.25) is 0 Å². The Morgan fingerprint density at radius 3 is 2.69 bits per heavy atom. The predicted molar refractivity (Wildman–Crippen MR) is 141 cm³/mol. The highest BCUT2D eigenvalue weighted by Gasteiger charge is 2.23. The Morgan fingerprint density at radius 2 is 1.89 bits per heavy atom. The van der Waals surface area contributed by atoms with Crippen molar-refractivity contribution in [2.24, 2.45) is 5.92 Å². The van der Waals surface area contributed by atoms with E-state index in [1.807, 2.05) is 30.3 Å². The first-order valence-electron chi connectivity index (χ1n) is 12.1. The maximum absolute atomic E-state index is 12.6. The molecule has 180 valence electrons. The predicted octanol–water partition coefficient (Wildman–Crippen LogP) is 4.97. The Morgan fingerprint density at radius 1 is 1.11 bits per heavy atom. The number of rotatable bonds is 6. The summed E-state index contributed by atoms with van der Waals surface area (Å²) in [5.41, 5.74) is 4.78. The number of pyridine rings is 1. The molecule has 2 aromatic heterocycles. The average molecular weight is 487 g/mol. The number of hydrogen-bond donors (Lipinski definition) is 2. The fraction of sp³-hybridized carbons (Fsp3) is 0.333. The van der Waals surface area contributed by atoms with Gasteiger partial charge in [-0.05, 0) is 37.8 Å². The standard InChI is InChI=1S/C27H30N6OS/c1-17-11-13-19(14-12-17)24-15-21(20-8-4-6-10-23(20)29-24)26-31-32-27(33(26)28)35-16-25(34)30-22-9-5-3-7-18(22)2/h4,6,8,10-15,18,22H,3,5,7,9,16,28H2,1-2H3,(H,30,34)/t18-,22-/m1/s1. The van der Waals surface area contributed by atoms with Crippen LogP contribution in [0.15, 0.2) is 59.8 Å². The summed E-state index contributed by atoms with van der Waals surface area (Å²) in [5.74, 6) is 7.77. The number of amides is 1. The van der Waals surface area contributed by atoms with Crippen LogP contribution in [0, 0.1) is 12.8 Å². The lowest BCUT2D eigenvalue weighted by Gasteiger charge is -2.29. The average Bonchev–Trinajstić information content (AvgIpc) is 3.24. The van der Waals surface area contributed by atoms with Crippen LogP contribution in [0.1, 0.15) is 38.2 Å². The van der Waals surface area contributed by atoms with Crippen molar-refractivity contribution in [1.82, 2.24) is 25.2 Å². The zero-order valence-electron chi connectivity index (χ0n) is 20.1. The molecule has 4 aromatic rings.